The minimum absolute atomic E-state index is 0.0937. The smallest absolute Gasteiger partial charge is 0.416 e. The molecule has 0 bridgehead atoms. The van der Waals surface area contributed by atoms with Crippen LogP contribution in [0.4, 0.5) is 18.9 Å². The molecule has 1 N–H and O–H groups in total. The number of anilines is 1. The van der Waals surface area contributed by atoms with Crippen LogP contribution in [0.15, 0.2) is 36.4 Å². The number of amides is 1. The Morgan fingerprint density at radius 2 is 1.67 bits per heavy atom. The van der Waals surface area contributed by atoms with E-state index in [1.54, 1.807) is 0 Å². The van der Waals surface area contributed by atoms with E-state index in [0.29, 0.717) is 0 Å². The van der Waals surface area contributed by atoms with Gasteiger partial charge in [-0.1, -0.05) is 53.0 Å². The lowest BCUT2D eigenvalue weighted by atomic mass is 10.1. The highest BCUT2D eigenvalue weighted by atomic mass is 35.5. The van der Waals surface area contributed by atoms with E-state index in [-0.39, 0.29) is 26.3 Å². The number of esters is 1. The molecule has 10 heteroatoms. The van der Waals surface area contributed by atoms with Gasteiger partial charge in [-0.05, 0) is 23.8 Å². The summed E-state index contributed by atoms with van der Waals surface area (Å²) in [6.07, 6.45) is -4.93. The van der Waals surface area contributed by atoms with Gasteiger partial charge in [0.1, 0.15) is 0 Å². The third-order valence-corrected chi connectivity index (χ3v) is 4.05. The summed E-state index contributed by atoms with van der Waals surface area (Å²) in [5.41, 5.74) is -0.668. The third kappa shape index (κ3) is 6.30. The predicted octanol–water partition coefficient (Wildman–Crippen LogP) is 5.39. The van der Waals surface area contributed by atoms with Crippen molar-refractivity contribution in [3.8, 4) is 0 Å². The Bertz CT molecular complexity index is 849. The first kappa shape index (κ1) is 21.3. The quantitative estimate of drug-likeness (QED) is 0.634. The van der Waals surface area contributed by atoms with E-state index in [1.165, 1.54) is 24.3 Å². The Morgan fingerprint density at radius 3 is 2.26 bits per heavy atom. The first-order valence-corrected chi connectivity index (χ1v) is 8.46. The lowest BCUT2D eigenvalue weighted by molar-refractivity contribution is -0.146. The monoisotopic (exact) mass is 439 g/mol. The molecule has 2 aromatic carbocycles. The van der Waals surface area contributed by atoms with E-state index in [0.717, 1.165) is 12.1 Å². The van der Waals surface area contributed by atoms with Gasteiger partial charge >= 0.3 is 12.1 Å². The number of benzene rings is 2. The second kappa shape index (κ2) is 8.82. The number of hydrogen-bond acceptors (Lipinski definition) is 3. The highest BCUT2D eigenvalue weighted by Crippen LogP contribution is 2.33. The summed E-state index contributed by atoms with van der Waals surface area (Å²) in [4.78, 5) is 23.6. The number of carbonyl (C=O) groups excluding carboxylic acids is 2. The average molecular weight is 441 g/mol. The molecule has 0 heterocycles. The van der Waals surface area contributed by atoms with Crippen molar-refractivity contribution < 1.29 is 27.5 Å². The molecule has 1 amide bonds. The van der Waals surface area contributed by atoms with Gasteiger partial charge in [-0.2, -0.15) is 13.2 Å². The number of rotatable bonds is 5. The number of halogens is 6. The molecule has 0 aromatic heterocycles. The van der Waals surface area contributed by atoms with Crippen LogP contribution in [0.1, 0.15) is 11.1 Å². The van der Waals surface area contributed by atoms with Gasteiger partial charge < -0.3 is 10.1 Å². The first-order chi connectivity index (χ1) is 12.6. The van der Waals surface area contributed by atoms with Crippen molar-refractivity contribution >= 4 is 52.4 Å². The van der Waals surface area contributed by atoms with Crippen molar-refractivity contribution in [1.82, 2.24) is 0 Å². The van der Waals surface area contributed by atoms with E-state index in [4.69, 9.17) is 39.5 Å². The van der Waals surface area contributed by atoms with Gasteiger partial charge in [0.05, 0.1) is 27.7 Å². The van der Waals surface area contributed by atoms with Gasteiger partial charge in [0.2, 0.25) is 0 Å². The van der Waals surface area contributed by atoms with E-state index in [9.17, 15) is 22.8 Å². The van der Waals surface area contributed by atoms with Crippen LogP contribution in [0.25, 0.3) is 0 Å². The molecule has 27 heavy (non-hydrogen) atoms. The molecule has 0 fully saturated rings. The number of carbonyl (C=O) groups is 2. The zero-order valence-electron chi connectivity index (χ0n) is 13.4. The van der Waals surface area contributed by atoms with Gasteiger partial charge in [-0.3, -0.25) is 9.59 Å². The van der Waals surface area contributed by atoms with Crippen molar-refractivity contribution in [2.45, 2.75) is 12.6 Å². The predicted molar refractivity (Wildman–Crippen MR) is 96.2 cm³/mol. The third-order valence-electron chi connectivity index (χ3n) is 3.24. The van der Waals surface area contributed by atoms with Gasteiger partial charge in [0.15, 0.2) is 6.61 Å². The normalized spacial score (nSPS) is 11.2. The van der Waals surface area contributed by atoms with Gasteiger partial charge in [0, 0.05) is 5.02 Å². The average Bonchev–Trinajstić information content (AvgIpc) is 2.56. The molecule has 0 aliphatic heterocycles. The van der Waals surface area contributed by atoms with Crippen LogP contribution >= 0.6 is 34.8 Å². The molecule has 0 saturated carbocycles. The van der Waals surface area contributed by atoms with E-state index >= 15 is 0 Å². The lowest BCUT2D eigenvalue weighted by Crippen LogP contribution is -2.22. The Balaban J connectivity index is 1.92. The Morgan fingerprint density at radius 1 is 1.04 bits per heavy atom. The second-order valence-electron chi connectivity index (χ2n) is 5.33. The van der Waals surface area contributed by atoms with Crippen LogP contribution in [-0.4, -0.2) is 18.5 Å². The molecule has 0 atom stereocenters. The van der Waals surface area contributed by atoms with Crippen LogP contribution in [0.2, 0.25) is 15.1 Å². The molecule has 144 valence electrons. The summed E-state index contributed by atoms with van der Waals surface area (Å²) >= 11 is 17.6. The molecule has 0 radical (unpaired) electrons. The van der Waals surface area contributed by atoms with Crippen molar-refractivity contribution in [3.63, 3.8) is 0 Å². The second-order valence-corrected chi connectivity index (χ2v) is 6.58. The lowest BCUT2D eigenvalue weighted by Gasteiger charge is -2.11. The number of hydrogen-bond donors (Lipinski definition) is 1. The minimum atomic E-state index is -4.52. The van der Waals surface area contributed by atoms with Crippen LogP contribution in [-0.2, 0) is 26.9 Å². The van der Waals surface area contributed by atoms with E-state index < -0.39 is 36.6 Å². The fraction of sp³-hybridized carbons (Fsp3) is 0.176. The number of nitrogens with one attached hydrogen (secondary N) is 1. The maximum absolute atomic E-state index is 12.7. The van der Waals surface area contributed by atoms with Gasteiger partial charge in [-0.25, -0.2) is 0 Å². The Kier molecular flexibility index (Phi) is 6.97. The molecule has 0 saturated heterocycles. The highest BCUT2D eigenvalue weighted by Gasteiger charge is 2.30. The van der Waals surface area contributed by atoms with E-state index in [2.05, 4.69) is 5.32 Å². The molecular formula is C17H11Cl3F3NO3. The molecule has 0 aliphatic rings. The van der Waals surface area contributed by atoms with Crippen LogP contribution in [0, 0.1) is 0 Å². The molecule has 0 spiro atoms. The molecule has 0 aliphatic carbocycles. The first-order valence-electron chi connectivity index (χ1n) is 7.32. The molecule has 0 unspecified atom stereocenters. The van der Waals surface area contributed by atoms with Crippen molar-refractivity contribution in [2.75, 3.05) is 11.9 Å². The zero-order valence-corrected chi connectivity index (χ0v) is 15.6. The SMILES string of the molecule is O=C(COC(=O)Cc1cccc(C(F)(F)F)c1)Nc1c(Cl)cc(Cl)cc1Cl. The maximum Gasteiger partial charge on any atom is 0.416 e. The number of alkyl halides is 3. The van der Waals surface area contributed by atoms with Crippen molar-refractivity contribution in [2.24, 2.45) is 0 Å². The summed E-state index contributed by atoms with van der Waals surface area (Å²) in [5.74, 6) is -1.59. The molecule has 4 nitrogen and oxygen atoms in total. The highest BCUT2D eigenvalue weighted by molar-refractivity contribution is 6.42. The summed E-state index contributed by atoms with van der Waals surface area (Å²) in [6.45, 7) is -0.660. The van der Waals surface area contributed by atoms with Crippen LogP contribution in [0.5, 0.6) is 0 Å². The Labute approximate surface area is 167 Å². The van der Waals surface area contributed by atoms with Crippen molar-refractivity contribution in [3.05, 3.63) is 62.6 Å². The molecular weight excluding hydrogens is 430 g/mol. The topological polar surface area (TPSA) is 55.4 Å². The van der Waals surface area contributed by atoms with Crippen molar-refractivity contribution in [1.29, 1.82) is 0 Å². The standard InChI is InChI=1S/C17H11Cl3F3NO3/c18-11-6-12(19)16(13(20)7-11)24-14(25)8-27-15(26)5-9-2-1-3-10(4-9)17(21,22)23/h1-4,6-7H,5,8H2,(H,24,25). The van der Waals surface area contributed by atoms with Crippen LogP contribution in [0.3, 0.4) is 0 Å². The molecule has 2 aromatic rings. The van der Waals surface area contributed by atoms with Crippen LogP contribution < -0.4 is 5.32 Å². The summed E-state index contributed by atoms with van der Waals surface area (Å²) in [6, 6.07) is 7.00. The summed E-state index contributed by atoms with van der Waals surface area (Å²) < 4.78 is 42.7. The summed E-state index contributed by atoms with van der Waals surface area (Å²) in [7, 11) is 0. The zero-order chi connectivity index (χ0) is 20.2. The minimum Gasteiger partial charge on any atom is -0.455 e. The molecule has 2 rings (SSSR count). The maximum atomic E-state index is 12.7. The fourth-order valence-corrected chi connectivity index (χ4v) is 2.97. The Hall–Kier alpha value is -1.96. The van der Waals surface area contributed by atoms with Gasteiger partial charge in [-0.15, -0.1) is 0 Å². The van der Waals surface area contributed by atoms with E-state index in [1.807, 2.05) is 0 Å². The largest absolute Gasteiger partial charge is 0.455 e. The fourth-order valence-electron chi connectivity index (χ4n) is 2.06. The number of ether oxygens (including phenoxy) is 1. The van der Waals surface area contributed by atoms with Gasteiger partial charge in [0.25, 0.3) is 5.91 Å². The summed E-state index contributed by atoms with van der Waals surface area (Å²) in [5, 5.41) is 2.83.